The van der Waals surface area contributed by atoms with Gasteiger partial charge in [0.25, 0.3) is 5.91 Å². The number of phenols is 1. The Balaban J connectivity index is 2.10. The fourth-order valence-corrected chi connectivity index (χ4v) is 4.19. The number of aliphatic hydroxyl groups is 1. The molecule has 1 atom stereocenters. The molecule has 0 bridgehead atoms. The Hall–Kier alpha value is -2.67. The maximum atomic E-state index is 13.2. The number of aromatic hydroxyl groups is 1. The zero-order valence-electron chi connectivity index (χ0n) is 15.5. The van der Waals surface area contributed by atoms with Crippen LogP contribution in [0.25, 0.3) is 0 Å². The summed E-state index contributed by atoms with van der Waals surface area (Å²) in [7, 11) is 0. The molecule has 7 heteroatoms. The SMILES string of the molecule is CCCCN1C(=O)C(O)=C(C(=O)c2sc(C)nc2C)C1c1ccc(O)cc1. The lowest BCUT2D eigenvalue weighted by molar-refractivity contribution is -0.129. The van der Waals surface area contributed by atoms with Crippen LogP contribution in [0.1, 0.15) is 51.7 Å². The Morgan fingerprint density at radius 2 is 1.89 bits per heavy atom. The molecule has 0 fully saturated rings. The first kappa shape index (κ1) is 19.1. The van der Waals surface area contributed by atoms with E-state index >= 15 is 0 Å². The second-order valence-electron chi connectivity index (χ2n) is 6.58. The summed E-state index contributed by atoms with van der Waals surface area (Å²) >= 11 is 1.26. The third-order valence-corrected chi connectivity index (χ3v) is 5.69. The topological polar surface area (TPSA) is 90.7 Å². The van der Waals surface area contributed by atoms with Crippen LogP contribution in [0.3, 0.4) is 0 Å². The van der Waals surface area contributed by atoms with Crippen LogP contribution in [0.2, 0.25) is 0 Å². The highest BCUT2D eigenvalue weighted by atomic mass is 32.1. The van der Waals surface area contributed by atoms with E-state index in [1.54, 1.807) is 19.1 Å². The molecule has 1 aromatic heterocycles. The van der Waals surface area contributed by atoms with Gasteiger partial charge in [0, 0.05) is 6.54 Å². The molecular formula is C20H22N2O4S. The average Bonchev–Trinajstić information content (AvgIpc) is 3.10. The minimum atomic E-state index is -0.682. The first-order valence-electron chi connectivity index (χ1n) is 8.86. The van der Waals surface area contributed by atoms with Crippen LogP contribution in [0.15, 0.2) is 35.6 Å². The lowest BCUT2D eigenvalue weighted by Gasteiger charge is -2.26. The number of thiazole rings is 1. The number of rotatable bonds is 6. The van der Waals surface area contributed by atoms with Crippen molar-refractivity contribution in [2.75, 3.05) is 6.54 Å². The van der Waals surface area contributed by atoms with Crippen LogP contribution in [0.5, 0.6) is 5.75 Å². The number of carbonyl (C=O) groups excluding carboxylic acids is 2. The van der Waals surface area contributed by atoms with Crippen LogP contribution in [-0.4, -0.2) is 38.3 Å². The molecule has 0 saturated carbocycles. The van der Waals surface area contributed by atoms with Crippen LogP contribution in [0.4, 0.5) is 0 Å². The molecule has 2 heterocycles. The van der Waals surface area contributed by atoms with Crippen molar-refractivity contribution in [2.24, 2.45) is 0 Å². The number of nitrogens with zero attached hydrogens (tertiary/aromatic N) is 2. The molecule has 6 nitrogen and oxygen atoms in total. The number of hydrogen-bond donors (Lipinski definition) is 2. The summed E-state index contributed by atoms with van der Waals surface area (Å²) in [5.74, 6) is -1.32. The van der Waals surface area contributed by atoms with Crippen molar-refractivity contribution < 1.29 is 19.8 Å². The minimum Gasteiger partial charge on any atom is -0.508 e. The Kier molecular flexibility index (Phi) is 5.32. The normalized spacial score (nSPS) is 17.1. The summed E-state index contributed by atoms with van der Waals surface area (Å²) in [6.45, 7) is 6.00. The van der Waals surface area contributed by atoms with Crippen molar-refractivity contribution in [3.63, 3.8) is 0 Å². The highest BCUT2D eigenvalue weighted by Crippen LogP contribution is 2.40. The predicted molar refractivity (Wildman–Crippen MR) is 103 cm³/mol. The Labute approximate surface area is 161 Å². The van der Waals surface area contributed by atoms with E-state index in [-0.39, 0.29) is 17.1 Å². The Morgan fingerprint density at radius 1 is 1.22 bits per heavy atom. The monoisotopic (exact) mass is 386 g/mol. The zero-order valence-corrected chi connectivity index (χ0v) is 16.3. The summed E-state index contributed by atoms with van der Waals surface area (Å²) in [4.78, 5) is 32.2. The molecule has 0 saturated heterocycles. The molecular weight excluding hydrogens is 364 g/mol. The van der Waals surface area contributed by atoms with Gasteiger partial charge in [-0.1, -0.05) is 25.5 Å². The third kappa shape index (κ3) is 3.47. The Morgan fingerprint density at radius 3 is 2.44 bits per heavy atom. The summed E-state index contributed by atoms with van der Waals surface area (Å²) < 4.78 is 0. The van der Waals surface area contributed by atoms with Gasteiger partial charge in [0.05, 0.1) is 27.2 Å². The average molecular weight is 386 g/mol. The summed E-state index contributed by atoms with van der Waals surface area (Å²) in [6, 6.07) is 5.68. The quantitative estimate of drug-likeness (QED) is 0.736. The molecule has 2 aromatic rings. The molecule has 0 aliphatic carbocycles. The highest BCUT2D eigenvalue weighted by Gasteiger charge is 2.44. The van der Waals surface area contributed by atoms with Crippen molar-refractivity contribution >= 4 is 23.0 Å². The zero-order chi connectivity index (χ0) is 19.7. The number of aryl methyl sites for hydroxylation is 2. The van der Waals surface area contributed by atoms with Crippen molar-refractivity contribution in [1.29, 1.82) is 0 Å². The van der Waals surface area contributed by atoms with E-state index in [9.17, 15) is 19.8 Å². The smallest absolute Gasteiger partial charge is 0.290 e. The third-order valence-electron chi connectivity index (χ3n) is 4.62. The van der Waals surface area contributed by atoms with Crippen LogP contribution in [0, 0.1) is 13.8 Å². The molecule has 142 valence electrons. The first-order valence-corrected chi connectivity index (χ1v) is 9.68. The number of Topliss-reactive ketones (excluding diaryl/α,β-unsaturated/α-hetero) is 1. The number of hydrogen-bond acceptors (Lipinski definition) is 6. The van der Waals surface area contributed by atoms with Gasteiger partial charge in [-0.3, -0.25) is 9.59 Å². The summed E-state index contributed by atoms with van der Waals surface area (Å²) in [5, 5.41) is 20.9. The van der Waals surface area contributed by atoms with E-state index in [4.69, 9.17) is 0 Å². The molecule has 0 spiro atoms. The molecule has 1 aromatic carbocycles. The summed E-state index contributed by atoms with van der Waals surface area (Å²) in [5.41, 5.74) is 1.34. The van der Waals surface area contributed by atoms with E-state index in [1.165, 1.54) is 28.4 Å². The van der Waals surface area contributed by atoms with Crippen LogP contribution in [-0.2, 0) is 4.79 Å². The lowest BCUT2D eigenvalue weighted by Crippen LogP contribution is -2.32. The fourth-order valence-electron chi connectivity index (χ4n) is 3.31. The Bertz CT molecular complexity index is 915. The molecule has 1 aliphatic rings. The standard InChI is InChI=1S/C20H22N2O4S/c1-4-5-10-22-16(13-6-8-14(23)9-7-13)15(18(25)20(22)26)17(24)19-11(2)21-12(3)27-19/h6-9,16,23,25H,4-5,10H2,1-3H3. The molecule has 27 heavy (non-hydrogen) atoms. The molecule has 1 unspecified atom stereocenters. The van der Waals surface area contributed by atoms with Gasteiger partial charge in [0.15, 0.2) is 5.76 Å². The molecule has 2 N–H and O–H groups in total. The highest BCUT2D eigenvalue weighted by molar-refractivity contribution is 7.14. The van der Waals surface area contributed by atoms with E-state index in [0.717, 1.165) is 17.8 Å². The van der Waals surface area contributed by atoms with Gasteiger partial charge in [-0.25, -0.2) is 4.98 Å². The van der Waals surface area contributed by atoms with Gasteiger partial charge in [-0.05, 0) is 38.0 Å². The van der Waals surface area contributed by atoms with Crippen LogP contribution < -0.4 is 0 Å². The molecule has 0 radical (unpaired) electrons. The van der Waals surface area contributed by atoms with Crippen molar-refractivity contribution in [1.82, 2.24) is 9.88 Å². The number of unbranched alkanes of at least 4 members (excludes halogenated alkanes) is 1. The predicted octanol–water partition coefficient (Wildman–Crippen LogP) is 3.84. The molecule has 1 amide bonds. The van der Waals surface area contributed by atoms with Gasteiger partial charge in [-0.2, -0.15) is 0 Å². The van der Waals surface area contributed by atoms with Crippen LogP contribution >= 0.6 is 11.3 Å². The summed E-state index contributed by atoms with van der Waals surface area (Å²) in [6.07, 6.45) is 1.64. The first-order chi connectivity index (χ1) is 12.8. The lowest BCUT2D eigenvalue weighted by atomic mass is 9.95. The number of carbonyl (C=O) groups is 2. The van der Waals surface area contributed by atoms with Crippen molar-refractivity contribution in [3.8, 4) is 5.75 Å². The number of phenolic OH excluding ortho intramolecular Hbond substituents is 1. The molecule has 1 aliphatic heterocycles. The maximum absolute atomic E-state index is 13.2. The van der Waals surface area contributed by atoms with Gasteiger partial charge in [0.1, 0.15) is 5.75 Å². The minimum absolute atomic E-state index is 0.0774. The number of benzene rings is 1. The van der Waals surface area contributed by atoms with E-state index < -0.39 is 17.7 Å². The van der Waals surface area contributed by atoms with Gasteiger partial charge in [0.2, 0.25) is 5.78 Å². The van der Waals surface area contributed by atoms with Gasteiger partial charge in [-0.15, -0.1) is 11.3 Å². The van der Waals surface area contributed by atoms with E-state index in [1.807, 2.05) is 13.8 Å². The number of ketones is 1. The largest absolute Gasteiger partial charge is 0.508 e. The maximum Gasteiger partial charge on any atom is 0.290 e. The van der Waals surface area contributed by atoms with Crippen molar-refractivity contribution in [3.05, 3.63) is 56.7 Å². The molecule has 3 rings (SSSR count). The number of amides is 1. The second-order valence-corrected chi connectivity index (χ2v) is 7.79. The van der Waals surface area contributed by atoms with Crippen molar-refractivity contribution in [2.45, 2.75) is 39.7 Å². The van der Waals surface area contributed by atoms with E-state index in [2.05, 4.69) is 4.98 Å². The second kappa shape index (κ2) is 7.52. The number of aromatic nitrogens is 1. The van der Waals surface area contributed by atoms with Gasteiger partial charge >= 0.3 is 0 Å². The number of aliphatic hydroxyl groups excluding tert-OH is 1. The van der Waals surface area contributed by atoms with Gasteiger partial charge < -0.3 is 15.1 Å². The van der Waals surface area contributed by atoms with E-state index in [0.29, 0.717) is 22.7 Å². The fraction of sp³-hybridized carbons (Fsp3) is 0.350.